The normalized spacial score (nSPS) is 15.6. The molecule has 1 amide bonds. The fourth-order valence-electron chi connectivity index (χ4n) is 2.01. The average molecular weight is 321 g/mol. The molecular formula is C13H18Cl2N2OS. The molecule has 0 radical (unpaired) electrons. The van der Waals surface area contributed by atoms with E-state index < -0.39 is 0 Å². The van der Waals surface area contributed by atoms with Crippen LogP contribution in [0.15, 0.2) is 23.1 Å². The molecule has 1 aromatic carbocycles. The second kappa shape index (κ2) is 8.00. The van der Waals surface area contributed by atoms with Crippen molar-refractivity contribution >= 4 is 41.7 Å². The van der Waals surface area contributed by atoms with E-state index in [1.807, 2.05) is 23.3 Å². The summed E-state index contributed by atoms with van der Waals surface area (Å²) in [7, 11) is 0. The Labute approximate surface area is 129 Å². The quantitative estimate of drug-likeness (QED) is 0.850. The second-order valence-electron chi connectivity index (χ2n) is 4.24. The number of amides is 1. The Hall–Kier alpha value is -0.420. The Bertz CT molecular complexity index is 435. The van der Waals surface area contributed by atoms with Gasteiger partial charge in [0.1, 0.15) is 0 Å². The molecule has 1 N–H and O–H groups in total. The predicted molar refractivity (Wildman–Crippen MR) is 83.9 cm³/mol. The number of nitrogens with zero attached hydrogens (tertiary/aromatic N) is 1. The van der Waals surface area contributed by atoms with E-state index in [4.69, 9.17) is 11.6 Å². The van der Waals surface area contributed by atoms with Gasteiger partial charge in [-0.05, 0) is 37.4 Å². The van der Waals surface area contributed by atoms with E-state index in [0.29, 0.717) is 10.6 Å². The zero-order valence-corrected chi connectivity index (χ0v) is 13.2. The second-order valence-corrected chi connectivity index (χ2v) is 5.53. The van der Waals surface area contributed by atoms with Gasteiger partial charge in [-0.15, -0.1) is 24.2 Å². The zero-order valence-electron chi connectivity index (χ0n) is 10.8. The lowest BCUT2D eigenvalue weighted by Crippen LogP contribution is -2.34. The number of thioether (sulfide) groups is 1. The van der Waals surface area contributed by atoms with Gasteiger partial charge < -0.3 is 10.2 Å². The summed E-state index contributed by atoms with van der Waals surface area (Å²) in [4.78, 5) is 15.4. The van der Waals surface area contributed by atoms with Crippen LogP contribution in [-0.2, 0) is 0 Å². The number of rotatable bonds is 2. The zero-order chi connectivity index (χ0) is 13.0. The molecule has 0 bridgehead atoms. The third kappa shape index (κ3) is 4.28. The maximum absolute atomic E-state index is 12.4. The first-order valence-electron chi connectivity index (χ1n) is 6.06. The van der Waals surface area contributed by atoms with Crippen molar-refractivity contribution in [1.82, 2.24) is 10.2 Å². The van der Waals surface area contributed by atoms with Crippen LogP contribution in [0.2, 0.25) is 5.02 Å². The lowest BCUT2D eigenvalue weighted by atomic mass is 10.2. The Morgan fingerprint density at radius 1 is 1.37 bits per heavy atom. The van der Waals surface area contributed by atoms with Crippen molar-refractivity contribution in [2.24, 2.45) is 0 Å². The highest BCUT2D eigenvalue weighted by molar-refractivity contribution is 7.98. The summed E-state index contributed by atoms with van der Waals surface area (Å²) in [5.41, 5.74) is 0.616. The third-order valence-electron chi connectivity index (χ3n) is 3.03. The van der Waals surface area contributed by atoms with Gasteiger partial charge in [-0.2, -0.15) is 0 Å². The van der Waals surface area contributed by atoms with E-state index in [2.05, 4.69) is 5.32 Å². The smallest absolute Gasteiger partial charge is 0.255 e. The van der Waals surface area contributed by atoms with Crippen LogP contribution in [0.25, 0.3) is 0 Å². The number of carbonyl (C=O) groups is 1. The van der Waals surface area contributed by atoms with Crippen molar-refractivity contribution in [3.05, 3.63) is 28.8 Å². The molecule has 0 unspecified atom stereocenters. The molecule has 19 heavy (non-hydrogen) atoms. The van der Waals surface area contributed by atoms with Gasteiger partial charge in [0.25, 0.3) is 5.91 Å². The number of hydrogen-bond donors (Lipinski definition) is 1. The first-order valence-corrected chi connectivity index (χ1v) is 7.66. The molecule has 1 aliphatic rings. The molecule has 2 rings (SSSR count). The first-order chi connectivity index (χ1) is 8.72. The summed E-state index contributed by atoms with van der Waals surface area (Å²) in [5, 5.41) is 3.83. The third-order valence-corrected chi connectivity index (χ3v) is 4.09. The molecule has 1 fully saturated rings. The number of benzene rings is 1. The summed E-state index contributed by atoms with van der Waals surface area (Å²) in [6, 6.07) is 5.62. The van der Waals surface area contributed by atoms with Crippen molar-refractivity contribution in [3.63, 3.8) is 0 Å². The summed E-state index contributed by atoms with van der Waals surface area (Å²) in [6.45, 7) is 3.37. The molecule has 6 heteroatoms. The van der Waals surface area contributed by atoms with Gasteiger partial charge in [0.15, 0.2) is 0 Å². The van der Waals surface area contributed by atoms with Gasteiger partial charge in [-0.25, -0.2) is 0 Å². The fraction of sp³-hybridized carbons (Fsp3) is 0.462. The fourth-order valence-corrected chi connectivity index (χ4v) is 2.65. The Morgan fingerprint density at radius 3 is 2.89 bits per heavy atom. The van der Waals surface area contributed by atoms with E-state index >= 15 is 0 Å². The van der Waals surface area contributed by atoms with E-state index in [1.165, 1.54) is 0 Å². The van der Waals surface area contributed by atoms with Gasteiger partial charge in [0, 0.05) is 24.5 Å². The van der Waals surface area contributed by atoms with Gasteiger partial charge in [-0.1, -0.05) is 11.6 Å². The van der Waals surface area contributed by atoms with Crippen LogP contribution in [0, 0.1) is 0 Å². The Morgan fingerprint density at radius 2 is 2.16 bits per heavy atom. The van der Waals surface area contributed by atoms with Gasteiger partial charge >= 0.3 is 0 Å². The molecule has 0 atom stereocenters. The van der Waals surface area contributed by atoms with Crippen LogP contribution < -0.4 is 5.32 Å². The average Bonchev–Trinajstić information content (AvgIpc) is 2.67. The van der Waals surface area contributed by atoms with Crippen molar-refractivity contribution in [2.75, 3.05) is 32.4 Å². The molecule has 1 aliphatic heterocycles. The molecule has 0 aliphatic carbocycles. The topological polar surface area (TPSA) is 32.3 Å². The molecule has 1 aromatic rings. The van der Waals surface area contributed by atoms with Crippen LogP contribution in [0.4, 0.5) is 0 Å². The summed E-state index contributed by atoms with van der Waals surface area (Å²) in [6.07, 6.45) is 2.99. The van der Waals surface area contributed by atoms with E-state index in [9.17, 15) is 4.79 Å². The highest BCUT2D eigenvalue weighted by atomic mass is 35.5. The van der Waals surface area contributed by atoms with Crippen molar-refractivity contribution in [2.45, 2.75) is 11.3 Å². The molecule has 1 heterocycles. The van der Waals surface area contributed by atoms with Gasteiger partial charge in [0.05, 0.1) is 10.6 Å². The van der Waals surface area contributed by atoms with Crippen LogP contribution in [-0.4, -0.2) is 43.2 Å². The highest BCUT2D eigenvalue weighted by Gasteiger charge is 2.19. The van der Waals surface area contributed by atoms with Gasteiger partial charge in [0.2, 0.25) is 0 Å². The van der Waals surface area contributed by atoms with Crippen LogP contribution in [0.3, 0.4) is 0 Å². The van der Waals surface area contributed by atoms with Crippen molar-refractivity contribution in [3.8, 4) is 0 Å². The SMILES string of the molecule is CSc1ccc(Cl)c(C(=O)N2CCCNCC2)c1.Cl. The highest BCUT2D eigenvalue weighted by Crippen LogP contribution is 2.24. The number of nitrogens with one attached hydrogen (secondary N) is 1. The number of halogens is 2. The Balaban J connectivity index is 0.00000180. The van der Waals surface area contributed by atoms with Gasteiger partial charge in [-0.3, -0.25) is 4.79 Å². The van der Waals surface area contributed by atoms with Crippen molar-refractivity contribution < 1.29 is 4.79 Å². The van der Waals surface area contributed by atoms with Crippen LogP contribution in [0.1, 0.15) is 16.8 Å². The molecular weight excluding hydrogens is 303 g/mol. The minimum atomic E-state index is 0. The van der Waals surface area contributed by atoms with Crippen molar-refractivity contribution in [1.29, 1.82) is 0 Å². The lowest BCUT2D eigenvalue weighted by molar-refractivity contribution is 0.0766. The number of carbonyl (C=O) groups excluding carboxylic acids is 1. The molecule has 0 aromatic heterocycles. The maximum atomic E-state index is 12.4. The largest absolute Gasteiger partial charge is 0.337 e. The van der Waals surface area contributed by atoms with Crippen LogP contribution in [0.5, 0.6) is 0 Å². The maximum Gasteiger partial charge on any atom is 0.255 e. The molecule has 3 nitrogen and oxygen atoms in total. The minimum absolute atomic E-state index is 0. The lowest BCUT2D eigenvalue weighted by Gasteiger charge is -2.20. The van der Waals surface area contributed by atoms with E-state index in [1.54, 1.807) is 17.8 Å². The summed E-state index contributed by atoms with van der Waals surface area (Å²) >= 11 is 7.75. The molecule has 106 valence electrons. The van der Waals surface area contributed by atoms with E-state index in [0.717, 1.165) is 37.5 Å². The Kier molecular flexibility index (Phi) is 7.00. The number of hydrogen-bond acceptors (Lipinski definition) is 3. The summed E-state index contributed by atoms with van der Waals surface area (Å²) in [5.74, 6) is 0.0413. The minimum Gasteiger partial charge on any atom is -0.337 e. The molecule has 1 saturated heterocycles. The predicted octanol–water partition coefficient (Wildman–Crippen LogP) is 2.92. The monoisotopic (exact) mass is 320 g/mol. The standard InChI is InChI=1S/C13H17ClN2OS.ClH/c1-18-10-3-4-12(14)11(9-10)13(17)16-7-2-5-15-6-8-16;/h3-4,9,15H,2,5-8H2,1H3;1H. The molecule has 0 saturated carbocycles. The van der Waals surface area contributed by atoms with E-state index in [-0.39, 0.29) is 18.3 Å². The molecule has 0 spiro atoms. The summed E-state index contributed by atoms with van der Waals surface area (Å²) < 4.78 is 0. The van der Waals surface area contributed by atoms with Crippen LogP contribution >= 0.6 is 35.8 Å². The first kappa shape index (κ1) is 16.6.